The average molecular weight is 1200 g/mol. The topological polar surface area (TPSA) is 71.3 Å². The average Bonchev–Trinajstić information content (AvgIpc) is 3.83. The largest absolute Gasteiger partial charge is 0.274 e. The highest BCUT2D eigenvalue weighted by molar-refractivity contribution is 14.1. The molecule has 0 amide bonds. The molecule has 0 aliphatic carbocycles. The first kappa shape index (κ1) is 51.0. The normalized spacial score (nSPS) is 10.7. The van der Waals surface area contributed by atoms with Gasteiger partial charge in [-0.3, -0.25) is 18.7 Å². The fourth-order valence-electron chi connectivity index (χ4n) is 6.03. The Hall–Kier alpha value is -3.39. The molecular weight excluding hydrogens is 1150 g/mol. The van der Waals surface area contributed by atoms with Crippen LogP contribution in [-0.2, 0) is 28.2 Å². The number of rotatable bonds is 2. The summed E-state index contributed by atoms with van der Waals surface area (Å²) in [5, 5.41) is 19.7. The van der Waals surface area contributed by atoms with Crippen LogP contribution >= 0.6 is 86.3 Å². The van der Waals surface area contributed by atoms with Crippen LogP contribution in [0.3, 0.4) is 0 Å². The molecule has 8 nitrogen and oxygen atoms in total. The zero-order valence-electron chi connectivity index (χ0n) is 33.7. The Morgan fingerprint density at radius 2 is 0.967 bits per heavy atom. The van der Waals surface area contributed by atoms with Crippen molar-refractivity contribution in [3.05, 3.63) is 130 Å². The van der Waals surface area contributed by atoms with Crippen molar-refractivity contribution in [3.8, 4) is 0 Å². The Labute approximate surface area is 394 Å². The highest BCUT2D eigenvalue weighted by Crippen LogP contribution is 2.31. The minimum absolute atomic E-state index is 0. The highest BCUT2D eigenvalue weighted by Gasteiger charge is 2.16. The summed E-state index contributed by atoms with van der Waals surface area (Å²) in [7, 11) is 7.21. The molecule has 0 fully saturated rings. The summed E-state index contributed by atoms with van der Waals surface area (Å²) in [5.41, 5.74) is 5.65. The summed E-state index contributed by atoms with van der Waals surface area (Å²) in [6.07, 6.45) is 1.78. The van der Waals surface area contributed by atoms with Crippen molar-refractivity contribution in [2.45, 2.75) is 48.0 Å². The number of aromatic nitrogens is 8. The molecule has 4 heterocycles. The summed E-state index contributed by atoms with van der Waals surface area (Å²) < 4.78 is 64.2. The molecule has 4 aromatic carbocycles. The maximum Gasteiger partial charge on any atom is 0.152 e. The molecule has 4 aromatic heterocycles. The van der Waals surface area contributed by atoms with E-state index in [0.717, 1.165) is 55.6 Å². The summed E-state index contributed by atoms with van der Waals surface area (Å²) >= 11 is 15.2. The molecule has 0 aliphatic heterocycles. The summed E-state index contributed by atoms with van der Waals surface area (Å²) in [6.45, 7) is 17.4. The lowest BCUT2D eigenvalue weighted by Gasteiger charge is -2.05. The Balaban J connectivity index is 0.000000207. The van der Waals surface area contributed by atoms with Crippen LogP contribution in [0.1, 0.15) is 59.4 Å². The minimum atomic E-state index is -0.317. The molecule has 320 valence electrons. The first-order valence-electron chi connectivity index (χ1n) is 17.7. The van der Waals surface area contributed by atoms with Crippen LogP contribution in [0.4, 0.5) is 17.6 Å². The van der Waals surface area contributed by atoms with Gasteiger partial charge in [0.05, 0.1) is 5.69 Å². The van der Waals surface area contributed by atoms with Crippen LogP contribution in [-0.4, -0.2) is 39.1 Å². The number of hydrogen-bond donors (Lipinski definition) is 0. The van der Waals surface area contributed by atoms with Crippen molar-refractivity contribution < 1.29 is 17.6 Å². The molecule has 0 saturated heterocycles. The van der Waals surface area contributed by atoms with Crippen LogP contribution in [0.5, 0.6) is 0 Å². The van der Waals surface area contributed by atoms with E-state index in [1.165, 1.54) is 29.8 Å². The predicted octanol–water partition coefficient (Wildman–Crippen LogP) is 14.9. The van der Waals surface area contributed by atoms with Gasteiger partial charge in [0.1, 0.15) is 25.8 Å². The highest BCUT2D eigenvalue weighted by atomic mass is 127. The lowest BCUT2D eigenvalue weighted by atomic mass is 10.1. The fraction of sp³-hybridized carbons (Fsp3) is 0.256. The Kier molecular flexibility index (Phi) is 18.4. The zero-order valence-corrected chi connectivity index (χ0v) is 42.2. The SMILES string of the molecule is C.C=C(C)C.C=C(C)c1c2cc(Br)cc(F)c2nn1C.CC(C)c1c2cc(Br)cc(F)c2nn1C.Cn1cc2cc(Br)cc(F)c2n1.Cn1nc2c(F)cc(Br)cc2c1I. The lowest BCUT2D eigenvalue weighted by molar-refractivity contribution is 0.628. The van der Waals surface area contributed by atoms with Gasteiger partial charge in [0.25, 0.3) is 0 Å². The second-order valence-electron chi connectivity index (χ2n) is 14.0. The van der Waals surface area contributed by atoms with Crippen molar-refractivity contribution in [1.29, 1.82) is 0 Å². The molecule has 0 atom stereocenters. The molecule has 0 N–H and O–H groups in total. The first-order valence-corrected chi connectivity index (χ1v) is 21.9. The Bertz CT molecular complexity index is 2840. The van der Waals surface area contributed by atoms with Gasteiger partial charge in [-0.25, -0.2) is 17.6 Å². The van der Waals surface area contributed by atoms with E-state index in [0.29, 0.717) is 32.5 Å². The number of allylic oxidation sites excluding steroid dienone is 2. The van der Waals surface area contributed by atoms with E-state index in [-0.39, 0.29) is 30.7 Å². The number of hydrogen-bond acceptors (Lipinski definition) is 4. The van der Waals surface area contributed by atoms with Crippen molar-refractivity contribution in [2.24, 2.45) is 28.2 Å². The van der Waals surface area contributed by atoms with E-state index in [1.807, 2.05) is 52.1 Å². The van der Waals surface area contributed by atoms with Gasteiger partial charge < -0.3 is 0 Å². The number of halogens is 9. The monoisotopic (exact) mass is 1190 g/mol. The van der Waals surface area contributed by atoms with Crippen molar-refractivity contribution >= 4 is 135 Å². The number of benzene rings is 4. The van der Waals surface area contributed by atoms with Gasteiger partial charge >= 0.3 is 0 Å². The standard InChI is InChI=1S/C11H12BrFN2.C11H10BrFN2.C8H5BrFIN2.C8H6BrFN2.C4H8.CH4/c2*1-6(2)11-8-4-7(12)5-9(13)10(8)14-15(11)3;1-13-8(11)5-2-4(9)3-6(10)7(5)12-13;1-12-4-5-2-6(9)3-7(10)8(5)11-12;1-4(2)3;/h4-6H,1-3H3;4-5H,1H2,2-3H3;2-3H,1H3;2-4H,1H3;1H2,2-3H3;1H4. The maximum absolute atomic E-state index is 13.6. The second-order valence-corrected chi connectivity index (χ2v) is 18.7. The van der Waals surface area contributed by atoms with E-state index in [1.54, 1.807) is 46.1 Å². The Morgan fingerprint density at radius 1 is 0.583 bits per heavy atom. The number of nitrogens with zero attached hydrogens (tertiary/aromatic N) is 8. The zero-order chi connectivity index (χ0) is 44.2. The van der Waals surface area contributed by atoms with Gasteiger partial charge in [-0.1, -0.05) is 97.1 Å². The van der Waals surface area contributed by atoms with Crippen LogP contribution < -0.4 is 0 Å². The molecule has 0 aliphatic rings. The first-order chi connectivity index (χ1) is 27.5. The molecule has 0 saturated carbocycles. The van der Waals surface area contributed by atoms with E-state index in [2.05, 4.69) is 134 Å². The maximum atomic E-state index is 13.6. The van der Waals surface area contributed by atoms with E-state index >= 15 is 0 Å². The molecule has 0 radical (unpaired) electrons. The summed E-state index contributed by atoms with van der Waals surface area (Å²) in [6, 6.07) is 13.2. The number of aryl methyl sites for hydroxylation is 4. The third-order valence-electron chi connectivity index (χ3n) is 8.14. The quantitative estimate of drug-likeness (QED) is 0.0982. The van der Waals surface area contributed by atoms with Gasteiger partial charge in [0.15, 0.2) is 23.3 Å². The molecule has 0 bridgehead atoms. The van der Waals surface area contributed by atoms with Crippen LogP contribution in [0.15, 0.2) is 91.3 Å². The third-order valence-corrected chi connectivity index (χ3v) is 11.2. The van der Waals surface area contributed by atoms with E-state index in [9.17, 15) is 17.6 Å². The van der Waals surface area contributed by atoms with E-state index in [4.69, 9.17) is 0 Å². The van der Waals surface area contributed by atoms with Crippen molar-refractivity contribution in [2.75, 3.05) is 0 Å². The summed E-state index contributed by atoms with van der Waals surface area (Å²) in [4.78, 5) is 0. The van der Waals surface area contributed by atoms with Gasteiger partial charge in [-0.15, -0.1) is 6.58 Å². The molecule has 0 spiro atoms. The molecule has 8 rings (SSSR count). The van der Waals surface area contributed by atoms with Gasteiger partial charge in [0, 0.05) is 79.5 Å². The third kappa shape index (κ3) is 12.4. The summed E-state index contributed by atoms with van der Waals surface area (Å²) in [5.74, 6) is -0.846. The molecule has 0 unspecified atom stereocenters. The van der Waals surface area contributed by atoms with Crippen molar-refractivity contribution in [3.63, 3.8) is 0 Å². The van der Waals surface area contributed by atoms with Crippen LogP contribution in [0.25, 0.3) is 49.2 Å². The predicted molar refractivity (Wildman–Crippen MR) is 262 cm³/mol. The van der Waals surface area contributed by atoms with Gasteiger partial charge in [-0.05, 0) is 103 Å². The van der Waals surface area contributed by atoms with Crippen LogP contribution in [0, 0.1) is 27.0 Å². The van der Waals surface area contributed by atoms with Crippen LogP contribution in [0.2, 0.25) is 0 Å². The smallest absolute Gasteiger partial charge is 0.152 e. The number of fused-ring (bicyclic) bond motifs is 4. The molecular formula is C43H45Br4F4IN8. The van der Waals surface area contributed by atoms with Crippen molar-refractivity contribution in [1.82, 2.24) is 39.1 Å². The van der Waals surface area contributed by atoms with Gasteiger partial charge in [0.2, 0.25) is 0 Å². The van der Waals surface area contributed by atoms with Gasteiger partial charge in [-0.2, -0.15) is 20.4 Å². The molecule has 8 aromatic rings. The lowest BCUT2D eigenvalue weighted by Crippen LogP contribution is -1.99. The Morgan fingerprint density at radius 3 is 1.45 bits per heavy atom. The second kappa shape index (κ2) is 21.6. The van der Waals surface area contributed by atoms with E-state index < -0.39 is 0 Å². The minimum Gasteiger partial charge on any atom is -0.274 e. The molecule has 60 heavy (non-hydrogen) atoms. The molecule has 17 heteroatoms. The fourth-order valence-corrected chi connectivity index (χ4v) is 8.28.